The van der Waals surface area contributed by atoms with Gasteiger partial charge in [-0.1, -0.05) is 30.3 Å². The summed E-state index contributed by atoms with van der Waals surface area (Å²) >= 11 is 0. The lowest BCUT2D eigenvalue weighted by atomic mass is 10.2. The van der Waals surface area contributed by atoms with Gasteiger partial charge in [-0.3, -0.25) is 9.10 Å². The first kappa shape index (κ1) is 24.5. The van der Waals surface area contributed by atoms with E-state index in [9.17, 15) is 18.0 Å². The molecule has 0 fully saturated rings. The molecule has 176 valence electrons. The normalized spacial score (nSPS) is 10.7. The van der Waals surface area contributed by atoms with E-state index in [1.807, 2.05) is 0 Å². The molecular weight excluding hydrogens is 456 g/mol. The number of nitrogens with one attached hydrogen (secondary N) is 1. The zero-order chi connectivity index (χ0) is 24.6. The maximum absolute atomic E-state index is 13.3. The summed E-state index contributed by atoms with van der Waals surface area (Å²) in [6.07, 6.45) is 1.48. The summed E-state index contributed by atoms with van der Waals surface area (Å²) < 4.78 is 37.8. The molecular formula is C25H24N2O6S. The van der Waals surface area contributed by atoms with E-state index in [0.29, 0.717) is 17.1 Å². The van der Waals surface area contributed by atoms with Crippen LogP contribution in [0.4, 0.5) is 11.4 Å². The van der Waals surface area contributed by atoms with Gasteiger partial charge in [0, 0.05) is 5.69 Å². The summed E-state index contributed by atoms with van der Waals surface area (Å²) in [6, 6.07) is 20.7. The Bertz CT molecular complexity index is 1260. The van der Waals surface area contributed by atoms with Crippen molar-refractivity contribution in [2.75, 3.05) is 29.9 Å². The third kappa shape index (κ3) is 6.02. The molecule has 0 unspecified atom stereocenters. The number of esters is 1. The highest BCUT2D eigenvalue weighted by Gasteiger charge is 2.25. The third-order valence-electron chi connectivity index (χ3n) is 4.70. The van der Waals surface area contributed by atoms with Crippen molar-refractivity contribution in [3.8, 4) is 5.75 Å². The molecule has 8 nitrogen and oxygen atoms in total. The van der Waals surface area contributed by atoms with Crippen molar-refractivity contribution in [2.24, 2.45) is 0 Å². The standard InChI is InChI=1S/C25H24N2O6S/c1-3-16-27(21-9-5-4-6-10-21)34(30,31)23-11-7-8-19(17-23)25(29)33-18-24(28)26-20-12-14-22(32-2)15-13-20/h3-15,17H,1,16,18H2,2H3,(H,26,28). The first-order chi connectivity index (χ1) is 16.3. The van der Waals surface area contributed by atoms with Crippen LogP contribution < -0.4 is 14.4 Å². The van der Waals surface area contributed by atoms with Crippen molar-refractivity contribution in [3.05, 3.63) is 97.1 Å². The lowest BCUT2D eigenvalue weighted by Crippen LogP contribution is -2.31. The van der Waals surface area contributed by atoms with Crippen LogP contribution in [0, 0.1) is 0 Å². The van der Waals surface area contributed by atoms with E-state index < -0.39 is 28.5 Å². The average molecular weight is 481 g/mol. The third-order valence-corrected chi connectivity index (χ3v) is 6.49. The number of hydrogen-bond donors (Lipinski definition) is 1. The predicted octanol–water partition coefficient (Wildman–Crippen LogP) is 3.87. The van der Waals surface area contributed by atoms with Gasteiger partial charge >= 0.3 is 5.97 Å². The van der Waals surface area contributed by atoms with Crippen molar-refractivity contribution in [3.63, 3.8) is 0 Å². The first-order valence-corrected chi connectivity index (χ1v) is 11.7. The first-order valence-electron chi connectivity index (χ1n) is 10.2. The number of nitrogens with zero attached hydrogens (tertiary/aromatic N) is 1. The molecule has 0 aliphatic carbocycles. The molecule has 0 atom stereocenters. The smallest absolute Gasteiger partial charge is 0.338 e. The molecule has 0 spiro atoms. The minimum Gasteiger partial charge on any atom is -0.497 e. The van der Waals surface area contributed by atoms with Crippen LogP contribution in [0.3, 0.4) is 0 Å². The van der Waals surface area contributed by atoms with Gasteiger partial charge in [0.2, 0.25) is 0 Å². The second-order valence-corrected chi connectivity index (χ2v) is 8.90. The van der Waals surface area contributed by atoms with Crippen LogP contribution in [-0.4, -0.2) is 40.6 Å². The van der Waals surface area contributed by atoms with Gasteiger partial charge in [-0.25, -0.2) is 13.2 Å². The molecule has 0 radical (unpaired) electrons. The fourth-order valence-electron chi connectivity index (χ4n) is 3.05. The molecule has 0 aliphatic rings. The Morgan fingerprint density at radius 2 is 1.71 bits per heavy atom. The Hall–Kier alpha value is -4.11. The molecule has 0 bridgehead atoms. The van der Waals surface area contributed by atoms with Crippen molar-refractivity contribution in [1.29, 1.82) is 0 Å². The van der Waals surface area contributed by atoms with Gasteiger partial charge < -0.3 is 14.8 Å². The van der Waals surface area contributed by atoms with E-state index in [-0.39, 0.29) is 17.0 Å². The maximum atomic E-state index is 13.3. The number of hydrogen-bond acceptors (Lipinski definition) is 6. The fraction of sp³-hybridized carbons (Fsp3) is 0.120. The second kappa shape index (κ2) is 11.2. The van der Waals surface area contributed by atoms with E-state index in [2.05, 4.69) is 11.9 Å². The van der Waals surface area contributed by atoms with Crippen LogP contribution in [0.5, 0.6) is 5.75 Å². The number of anilines is 2. The highest BCUT2D eigenvalue weighted by molar-refractivity contribution is 7.92. The van der Waals surface area contributed by atoms with Crippen LogP contribution in [0.1, 0.15) is 10.4 Å². The van der Waals surface area contributed by atoms with E-state index in [0.717, 1.165) is 0 Å². The fourth-order valence-corrected chi connectivity index (χ4v) is 4.53. The summed E-state index contributed by atoms with van der Waals surface area (Å²) in [5, 5.41) is 2.60. The summed E-state index contributed by atoms with van der Waals surface area (Å²) in [5.41, 5.74) is 0.980. The average Bonchev–Trinajstić information content (AvgIpc) is 2.86. The molecule has 0 saturated carbocycles. The predicted molar refractivity (Wildman–Crippen MR) is 130 cm³/mol. The molecule has 3 aromatic carbocycles. The van der Waals surface area contributed by atoms with Gasteiger partial charge in [0.25, 0.3) is 15.9 Å². The largest absolute Gasteiger partial charge is 0.497 e. The molecule has 0 aliphatic heterocycles. The highest BCUT2D eigenvalue weighted by Crippen LogP contribution is 2.24. The Balaban J connectivity index is 1.70. The van der Waals surface area contributed by atoms with E-state index in [1.54, 1.807) is 54.6 Å². The summed E-state index contributed by atoms with van der Waals surface area (Å²) in [4.78, 5) is 24.5. The minimum absolute atomic E-state index is 0.00457. The summed E-state index contributed by atoms with van der Waals surface area (Å²) in [6.45, 7) is 3.15. The number of methoxy groups -OCH3 is 1. The molecule has 0 heterocycles. The van der Waals surface area contributed by atoms with Crippen molar-refractivity contribution < 1.29 is 27.5 Å². The van der Waals surface area contributed by atoms with E-state index in [4.69, 9.17) is 9.47 Å². The van der Waals surface area contributed by atoms with Crippen LogP contribution in [0.25, 0.3) is 0 Å². The minimum atomic E-state index is -3.99. The number of carbonyl (C=O) groups excluding carboxylic acids is 2. The van der Waals surface area contributed by atoms with Gasteiger partial charge in [0.15, 0.2) is 6.61 Å². The van der Waals surface area contributed by atoms with E-state index in [1.165, 1.54) is 41.8 Å². The van der Waals surface area contributed by atoms with Crippen molar-refractivity contribution in [1.82, 2.24) is 0 Å². The quantitative estimate of drug-likeness (QED) is 0.349. The van der Waals surface area contributed by atoms with Crippen LogP contribution in [-0.2, 0) is 19.6 Å². The van der Waals surface area contributed by atoms with Gasteiger partial charge in [-0.15, -0.1) is 6.58 Å². The number of sulfonamides is 1. The molecule has 34 heavy (non-hydrogen) atoms. The SMILES string of the molecule is C=CCN(c1ccccc1)S(=O)(=O)c1cccc(C(=O)OCC(=O)Nc2ccc(OC)cc2)c1. The molecule has 9 heteroatoms. The summed E-state index contributed by atoms with van der Waals surface area (Å²) in [5.74, 6) is -0.723. The Morgan fingerprint density at radius 3 is 2.35 bits per heavy atom. The van der Waals surface area contributed by atoms with Gasteiger partial charge in [0.1, 0.15) is 5.75 Å². The maximum Gasteiger partial charge on any atom is 0.338 e. The molecule has 3 aromatic rings. The lowest BCUT2D eigenvalue weighted by molar-refractivity contribution is -0.119. The number of rotatable bonds is 10. The van der Waals surface area contributed by atoms with Crippen LogP contribution in [0.2, 0.25) is 0 Å². The molecule has 1 amide bonds. The number of para-hydroxylation sites is 1. The molecule has 0 saturated heterocycles. The zero-order valence-electron chi connectivity index (χ0n) is 18.5. The van der Waals surface area contributed by atoms with Crippen LogP contribution >= 0.6 is 0 Å². The Morgan fingerprint density at radius 1 is 1.00 bits per heavy atom. The Labute approximate surface area is 198 Å². The number of amides is 1. The monoisotopic (exact) mass is 480 g/mol. The Kier molecular flexibility index (Phi) is 8.05. The number of ether oxygens (including phenoxy) is 2. The lowest BCUT2D eigenvalue weighted by Gasteiger charge is -2.23. The second-order valence-electron chi connectivity index (χ2n) is 7.04. The van der Waals surface area contributed by atoms with E-state index >= 15 is 0 Å². The van der Waals surface area contributed by atoms with Crippen LogP contribution in [0.15, 0.2) is 96.4 Å². The topological polar surface area (TPSA) is 102 Å². The van der Waals surface area contributed by atoms with Crippen molar-refractivity contribution >= 4 is 33.3 Å². The molecule has 0 aromatic heterocycles. The number of benzene rings is 3. The number of carbonyl (C=O) groups is 2. The molecule has 1 N–H and O–H groups in total. The van der Waals surface area contributed by atoms with Gasteiger partial charge in [-0.05, 0) is 54.6 Å². The van der Waals surface area contributed by atoms with Crippen molar-refractivity contribution in [2.45, 2.75) is 4.90 Å². The molecule has 3 rings (SSSR count). The van der Waals surface area contributed by atoms with Gasteiger partial charge in [0.05, 0.1) is 29.8 Å². The van der Waals surface area contributed by atoms with Gasteiger partial charge in [-0.2, -0.15) is 0 Å². The highest BCUT2D eigenvalue weighted by atomic mass is 32.2. The zero-order valence-corrected chi connectivity index (χ0v) is 19.3. The summed E-state index contributed by atoms with van der Waals surface area (Å²) in [7, 11) is -2.45.